The molecule has 2 aromatic heterocycles. The summed E-state index contributed by atoms with van der Waals surface area (Å²) in [6.07, 6.45) is 0.00770. The van der Waals surface area contributed by atoms with Crippen molar-refractivity contribution >= 4 is 44.5 Å². The zero-order chi connectivity index (χ0) is 20.9. The van der Waals surface area contributed by atoms with Crippen molar-refractivity contribution in [2.75, 3.05) is 6.54 Å². The molecule has 5 nitrogen and oxygen atoms in total. The van der Waals surface area contributed by atoms with Gasteiger partial charge in [0.15, 0.2) is 0 Å². The summed E-state index contributed by atoms with van der Waals surface area (Å²) in [6.45, 7) is 0.545. The molecule has 4 N–H and O–H groups in total. The maximum Gasteiger partial charge on any atom is 0.265 e. The van der Waals surface area contributed by atoms with Gasteiger partial charge in [-0.25, -0.2) is 0 Å². The maximum absolute atomic E-state index is 13.0. The molecule has 4 aromatic rings. The average molecular weight is 436 g/mol. The highest BCUT2D eigenvalue weighted by Crippen LogP contribution is 2.35. The van der Waals surface area contributed by atoms with Crippen LogP contribution in [0.25, 0.3) is 10.1 Å². The van der Waals surface area contributed by atoms with Crippen molar-refractivity contribution in [2.45, 2.75) is 12.5 Å². The first kappa shape index (κ1) is 20.1. The molecule has 1 amide bonds. The lowest BCUT2D eigenvalue weighted by Gasteiger charge is -2.20. The summed E-state index contributed by atoms with van der Waals surface area (Å²) in [7, 11) is 0. The summed E-state index contributed by atoms with van der Waals surface area (Å²) in [5, 5.41) is 13.6. The lowest BCUT2D eigenvalue weighted by Crippen LogP contribution is -2.33. The van der Waals surface area contributed by atoms with Crippen LogP contribution in [0.5, 0.6) is 5.75 Å². The van der Waals surface area contributed by atoms with Gasteiger partial charge in [0.1, 0.15) is 11.6 Å². The van der Waals surface area contributed by atoms with Gasteiger partial charge in [0, 0.05) is 27.1 Å². The molecule has 0 bridgehead atoms. The number of amidine groups is 1. The number of rotatable bonds is 8. The minimum absolute atomic E-state index is 0.0214. The Morgan fingerprint density at radius 2 is 1.93 bits per heavy atom. The van der Waals surface area contributed by atoms with E-state index in [1.165, 1.54) is 16.2 Å². The van der Waals surface area contributed by atoms with Gasteiger partial charge in [-0.3, -0.25) is 10.2 Å². The van der Waals surface area contributed by atoms with E-state index >= 15 is 0 Å². The quantitative estimate of drug-likeness (QED) is 0.276. The molecular formula is C23H21N3O2S2. The van der Waals surface area contributed by atoms with Crippen LogP contribution in [0.1, 0.15) is 21.4 Å². The Morgan fingerprint density at radius 3 is 2.67 bits per heavy atom. The maximum atomic E-state index is 13.0. The minimum Gasteiger partial charge on any atom is -0.475 e. The van der Waals surface area contributed by atoms with Gasteiger partial charge in [-0.15, -0.1) is 22.7 Å². The zero-order valence-corrected chi connectivity index (χ0v) is 17.8. The summed E-state index contributed by atoms with van der Waals surface area (Å²) in [6, 6.07) is 21.1. The molecule has 0 saturated carbocycles. The van der Waals surface area contributed by atoms with Crippen LogP contribution in [0.2, 0.25) is 0 Å². The number of nitrogens with one attached hydrogen (secondary N) is 2. The van der Waals surface area contributed by atoms with Crippen molar-refractivity contribution in [2.24, 2.45) is 5.73 Å². The van der Waals surface area contributed by atoms with Gasteiger partial charge in [0.25, 0.3) is 5.91 Å². The first-order chi connectivity index (χ1) is 14.6. The highest BCUT2D eigenvalue weighted by Gasteiger charge is 2.23. The van der Waals surface area contributed by atoms with E-state index < -0.39 is 6.10 Å². The largest absolute Gasteiger partial charge is 0.475 e. The van der Waals surface area contributed by atoms with Crippen LogP contribution < -0.4 is 15.8 Å². The van der Waals surface area contributed by atoms with Gasteiger partial charge in [-0.2, -0.15) is 0 Å². The second-order valence-corrected chi connectivity index (χ2v) is 8.84. The van der Waals surface area contributed by atoms with Crippen molar-refractivity contribution in [1.82, 2.24) is 5.32 Å². The van der Waals surface area contributed by atoms with E-state index in [9.17, 15) is 4.79 Å². The number of hydrogen-bond donors (Lipinski definition) is 3. The average Bonchev–Trinajstić information content (AvgIpc) is 3.42. The van der Waals surface area contributed by atoms with E-state index in [0.29, 0.717) is 17.2 Å². The van der Waals surface area contributed by atoms with Crippen molar-refractivity contribution < 1.29 is 9.53 Å². The molecule has 0 radical (unpaired) electrons. The van der Waals surface area contributed by atoms with E-state index in [2.05, 4.69) is 11.4 Å². The van der Waals surface area contributed by atoms with Gasteiger partial charge in [0.2, 0.25) is 6.10 Å². The Bertz CT molecular complexity index is 1150. The van der Waals surface area contributed by atoms with Crippen LogP contribution >= 0.6 is 22.7 Å². The summed E-state index contributed by atoms with van der Waals surface area (Å²) >= 11 is 3.11. The number of hydrogen-bond acceptors (Lipinski definition) is 5. The fourth-order valence-corrected chi connectivity index (χ4v) is 4.80. The minimum atomic E-state index is -0.777. The fraction of sp³-hybridized carbons (Fsp3) is 0.130. The van der Waals surface area contributed by atoms with Crippen molar-refractivity contribution in [3.05, 3.63) is 87.4 Å². The van der Waals surface area contributed by atoms with E-state index in [4.69, 9.17) is 15.9 Å². The molecule has 30 heavy (non-hydrogen) atoms. The molecule has 2 heterocycles. The van der Waals surface area contributed by atoms with Crippen LogP contribution in [0, 0.1) is 5.41 Å². The molecule has 0 aliphatic heterocycles. The number of nitrogen functional groups attached to an aromatic ring is 1. The van der Waals surface area contributed by atoms with Crippen LogP contribution in [0.3, 0.4) is 0 Å². The fourth-order valence-electron chi connectivity index (χ4n) is 3.15. The molecule has 0 aliphatic rings. The van der Waals surface area contributed by atoms with E-state index in [1.54, 1.807) is 11.3 Å². The van der Waals surface area contributed by atoms with Gasteiger partial charge < -0.3 is 15.8 Å². The SMILES string of the molecule is N=C(N)c1cc2c(OC(C(=O)NCCc3cccs3)c3ccccc3)cccc2s1. The van der Waals surface area contributed by atoms with E-state index in [1.807, 2.05) is 66.0 Å². The molecular weight excluding hydrogens is 414 g/mol. The first-order valence-corrected chi connectivity index (χ1v) is 11.2. The third-order valence-corrected chi connectivity index (χ3v) is 6.69. The molecule has 2 aromatic carbocycles. The van der Waals surface area contributed by atoms with Crippen molar-refractivity contribution in [3.8, 4) is 5.75 Å². The number of thiophene rings is 2. The molecule has 7 heteroatoms. The first-order valence-electron chi connectivity index (χ1n) is 9.50. The number of carbonyl (C=O) groups is 1. The van der Waals surface area contributed by atoms with Gasteiger partial charge in [-0.1, -0.05) is 42.5 Å². The number of nitrogens with two attached hydrogens (primary N) is 1. The van der Waals surface area contributed by atoms with Gasteiger partial charge in [-0.05, 0) is 36.1 Å². The Kier molecular flexibility index (Phi) is 6.11. The molecule has 152 valence electrons. The third-order valence-electron chi connectivity index (χ3n) is 4.62. The Balaban J connectivity index is 1.58. The second-order valence-electron chi connectivity index (χ2n) is 6.72. The third kappa shape index (κ3) is 4.53. The van der Waals surface area contributed by atoms with Crippen LogP contribution in [0.4, 0.5) is 0 Å². The topological polar surface area (TPSA) is 88.2 Å². The smallest absolute Gasteiger partial charge is 0.265 e. The summed E-state index contributed by atoms with van der Waals surface area (Å²) < 4.78 is 7.20. The van der Waals surface area contributed by atoms with Crippen LogP contribution in [-0.2, 0) is 11.2 Å². The van der Waals surface area contributed by atoms with E-state index in [0.717, 1.165) is 22.1 Å². The molecule has 1 atom stereocenters. The monoisotopic (exact) mass is 435 g/mol. The summed E-state index contributed by atoms with van der Waals surface area (Å²) in [5.74, 6) is 0.434. The molecule has 4 rings (SSSR count). The number of ether oxygens (including phenoxy) is 1. The number of carbonyl (C=O) groups excluding carboxylic acids is 1. The number of benzene rings is 2. The summed E-state index contributed by atoms with van der Waals surface area (Å²) in [5.41, 5.74) is 6.44. The molecule has 1 unspecified atom stereocenters. The van der Waals surface area contributed by atoms with Crippen molar-refractivity contribution in [3.63, 3.8) is 0 Å². The molecule has 0 fully saturated rings. The normalized spacial score (nSPS) is 11.9. The lowest BCUT2D eigenvalue weighted by molar-refractivity contribution is -0.128. The highest BCUT2D eigenvalue weighted by atomic mass is 32.1. The molecule has 0 saturated heterocycles. The van der Waals surface area contributed by atoms with Crippen LogP contribution in [-0.4, -0.2) is 18.3 Å². The Morgan fingerprint density at radius 1 is 1.10 bits per heavy atom. The van der Waals surface area contributed by atoms with Gasteiger partial charge >= 0.3 is 0 Å². The Hall–Kier alpha value is -3.16. The zero-order valence-electron chi connectivity index (χ0n) is 16.1. The second kappa shape index (κ2) is 9.11. The number of amides is 1. The molecule has 0 spiro atoms. The van der Waals surface area contributed by atoms with Gasteiger partial charge in [0.05, 0.1) is 4.88 Å². The predicted molar refractivity (Wildman–Crippen MR) is 124 cm³/mol. The molecule has 0 aliphatic carbocycles. The number of fused-ring (bicyclic) bond motifs is 1. The standard InChI is InChI=1S/C23H21N3O2S2/c24-22(25)20-14-17-18(9-4-10-19(17)30-20)28-21(15-6-2-1-3-7-15)23(27)26-12-11-16-8-5-13-29-16/h1-10,13-14,21H,11-12H2,(H3,24,25)(H,26,27). The van der Waals surface area contributed by atoms with Crippen LogP contribution in [0.15, 0.2) is 72.1 Å². The lowest BCUT2D eigenvalue weighted by atomic mass is 10.1. The predicted octanol–water partition coefficient (Wildman–Crippen LogP) is 4.73. The highest BCUT2D eigenvalue weighted by molar-refractivity contribution is 7.20. The Labute approximate surface area is 182 Å². The van der Waals surface area contributed by atoms with E-state index in [-0.39, 0.29) is 11.7 Å². The summed E-state index contributed by atoms with van der Waals surface area (Å²) in [4.78, 5) is 14.9. The van der Waals surface area contributed by atoms with Crippen molar-refractivity contribution in [1.29, 1.82) is 5.41 Å².